The van der Waals surface area contributed by atoms with Gasteiger partial charge in [-0.3, -0.25) is 0 Å². The summed E-state index contributed by atoms with van der Waals surface area (Å²) < 4.78 is 0. The maximum Gasteiger partial charge on any atom is 0.0499 e. The van der Waals surface area contributed by atoms with E-state index < -0.39 is 0 Å². The van der Waals surface area contributed by atoms with Crippen LogP contribution in [0.15, 0.2) is 0 Å². The lowest BCUT2D eigenvalue weighted by Crippen LogP contribution is -2.39. The largest absolute Gasteiger partial charge is 0.396 e. The van der Waals surface area contributed by atoms with Gasteiger partial charge in [0.05, 0.1) is 0 Å². The fourth-order valence-corrected chi connectivity index (χ4v) is 2.34. The quantitative estimate of drug-likeness (QED) is 0.695. The topological polar surface area (TPSA) is 32.3 Å². The molecule has 0 unspecified atom stereocenters. The van der Waals surface area contributed by atoms with E-state index in [0.29, 0.717) is 6.61 Å². The highest BCUT2D eigenvalue weighted by molar-refractivity contribution is 4.89. The zero-order chi connectivity index (χ0) is 9.15. The Bertz CT molecular complexity index is 159. The summed E-state index contributed by atoms with van der Waals surface area (Å²) in [5.74, 6) is 0. The van der Waals surface area contributed by atoms with E-state index in [0.717, 1.165) is 12.6 Å². The molecule has 0 aromatic heterocycles. The molecule has 2 saturated carbocycles. The van der Waals surface area contributed by atoms with Crippen LogP contribution >= 0.6 is 0 Å². The van der Waals surface area contributed by atoms with Crippen LogP contribution in [0.2, 0.25) is 0 Å². The second kappa shape index (κ2) is 3.97. The minimum atomic E-state index is 0.237. The van der Waals surface area contributed by atoms with Gasteiger partial charge < -0.3 is 10.4 Å². The van der Waals surface area contributed by atoms with Crippen LogP contribution in [0.1, 0.15) is 44.9 Å². The second-order valence-corrected chi connectivity index (χ2v) is 4.87. The van der Waals surface area contributed by atoms with Gasteiger partial charge in [0.15, 0.2) is 0 Å². The first-order valence-electron chi connectivity index (χ1n) is 5.69. The molecular formula is C11H21NO. The SMILES string of the molecule is OCC1(CNC2CC2)CCCCC1. The monoisotopic (exact) mass is 183 g/mol. The first-order chi connectivity index (χ1) is 6.35. The third-order valence-electron chi connectivity index (χ3n) is 3.59. The lowest BCUT2D eigenvalue weighted by molar-refractivity contribution is 0.0810. The molecule has 0 aromatic rings. The molecule has 2 nitrogen and oxygen atoms in total. The van der Waals surface area contributed by atoms with Gasteiger partial charge in [-0.05, 0) is 25.7 Å². The van der Waals surface area contributed by atoms with Crippen molar-refractivity contribution >= 4 is 0 Å². The number of aliphatic hydroxyl groups is 1. The van der Waals surface area contributed by atoms with Gasteiger partial charge in [-0.2, -0.15) is 0 Å². The normalized spacial score (nSPS) is 27.5. The predicted molar refractivity (Wildman–Crippen MR) is 53.6 cm³/mol. The lowest BCUT2D eigenvalue weighted by Gasteiger charge is -2.35. The summed E-state index contributed by atoms with van der Waals surface area (Å²) in [6.45, 7) is 1.43. The van der Waals surface area contributed by atoms with Crippen molar-refractivity contribution in [3.05, 3.63) is 0 Å². The third-order valence-corrected chi connectivity index (χ3v) is 3.59. The van der Waals surface area contributed by atoms with Crippen molar-refractivity contribution in [2.24, 2.45) is 5.41 Å². The zero-order valence-electron chi connectivity index (χ0n) is 8.39. The summed E-state index contributed by atoms with van der Waals surface area (Å²) in [4.78, 5) is 0. The van der Waals surface area contributed by atoms with Crippen LogP contribution in [0.25, 0.3) is 0 Å². The Morgan fingerprint density at radius 2 is 1.85 bits per heavy atom. The van der Waals surface area contributed by atoms with Crippen molar-refractivity contribution < 1.29 is 5.11 Å². The summed E-state index contributed by atoms with van der Waals surface area (Å²) >= 11 is 0. The first kappa shape index (κ1) is 9.47. The highest BCUT2D eigenvalue weighted by atomic mass is 16.3. The molecule has 0 bridgehead atoms. The van der Waals surface area contributed by atoms with Crippen LogP contribution in [0.3, 0.4) is 0 Å². The van der Waals surface area contributed by atoms with Gasteiger partial charge in [0, 0.05) is 24.6 Å². The van der Waals surface area contributed by atoms with Crippen LogP contribution in [-0.2, 0) is 0 Å². The molecule has 76 valence electrons. The molecule has 0 heterocycles. The molecule has 0 amide bonds. The van der Waals surface area contributed by atoms with E-state index in [2.05, 4.69) is 5.32 Å². The summed E-state index contributed by atoms with van der Waals surface area (Å²) in [6.07, 6.45) is 9.14. The average molecular weight is 183 g/mol. The van der Waals surface area contributed by atoms with Gasteiger partial charge in [-0.15, -0.1) is 0 Å². The molecule has 0 aliphatic heterocycles. The van der Waals surface area contributed by atoms with Gasteiger partial charge in [0.1, 0.15) is 0 Å². The Hall–Kier alpha value is -0.0800. The second-order valence-electron chi connectivity index (χ2n) is 4.87. The molecule has 0 spiro atoms. The van der Waals surface area contributed by atoms with Crippen molar-refractivity contribution in [1.29, 1.82) is 0 Å². The van der Waals surface area contributed by atoms with Crippen molar-refractivity contribution in [3.8, 4) is 0 Å². The minimum Gasteiger partial charge on any atom is -0.396 e. The van der Waals surface area contributed by atoms with Crippen molar-refractivity contribution in [2.45, 2.75) is 51.0 Å². The minimum absolute atomic E-state index is 0.237. The molecule has 2 heteroatoms. The lowest BCUT2D eigenvalue weighted by atomic mass is 9.74. The van der Waals surface area contributed by atoms with E-state index in [-0.39, 0.29) is 5.41 Å². The zero-order valence-corrected chi connectivity index (χ0v) is 8.39. The summed E-state index contributed by atoms with van der Waals surface area (Å²) in [5.41, 5.74) is 0.237. The molecule has 0 saturated heterocycles. The maximum atomic E-state index is 9.43. The number of rotatable bonds is 4. The maximum absolute atomic E-state index is 9.43. The molecule has 0 aromatic carbocycles. The van der Waals surface area contributed by atoms with E-state index in [1.165, 1.54) is 44.9 Å². The number of nitrogens with one attached hydrogen (secondary N) is 1. The highest BCUT2D eigenvalue weighted by Crippen LogP contribution is 2.36. The number of hydrogen-bond donors (Lipinski definition) is 2. The molecule has 2 N–H and O–H groups in total. The van der Waals surface area contributed by atoms with Crippen molar-refractivity contribution in [1.82, 2.24) is 5.32 Å². The number of aliphatic hydroxyl groups excluding tert-OH is 1. The number of hydrogen-bond acceptors (Lipinski definition) is 2. The molecular weight excluding hydrogens is 162 g/mol. The summed E-state index contributed by atoms with van der Waals surface area (Å²) in [7, 11) is 0. The molecule has 0 radical (unpaired) electrons. The molecule has 2 rings (SSSR count). The van der Waals surface area contributed by atoms with E-state index in [9.17, 15) is 5.11 Å². The Kier molecular flexibility index (Phi) is 2.89. The van der Waals surface area contributed by atoms with Crippen LogP contribution < -0.4 is 5.32 Å². The fraction of sp³-hybridized carbons (Fsp3) is 1.00. The van der Waals surface area contributed by atoms with Gasteiger partial charge in [-0.1, -0.05) is 19.3 Å². The van der Waals surface area contributed by atoms with Crippen LogP contribution in [-0.4, -0.2) is 24.3 Å². The Morgan fingerprint density at radius 1 is 1.15 bits per heavy atom. The van der Waals surface area contributed by atoms with Crippen LogP contribution in [0.4, 0.5) is 0 Å². The van der Waals surface area contributed by atoms with Crippen molar-refractivity contribution in [2.75, 3.05) is 13.2 Å². The Balaban J connectivity index is 1.80. The smallest absolute Gasteiger partial charge is 0.0499 e. The Labute approximate surface area is 80.7 Å². The standard InChI is InChI=1S/C11H21NO/c13-9-11(6-2-1-3-7-11)8-12-10-4-5-10/h10,12-13H,1-9H2. The van der Waals surface area contributed by atoms with Gasteiger partial charge in [0.2, 0.25) is 0 Å². The molecule has 2 aliphatic rings. The fourth-order valence-electron chi connectivity index (χ4n) is 2.34. The van der Waals surface area contributed by atoms with Gasteiger partial charge >= 0.3 is 0 Å². The van der Waals surface area contributed by atoms with E-state index in [1.807, 2.05) is 0 Å². The first-order valence-corrected chi connectivity index (χ1v) is 5.69. The average Bonchev–Trinajstić information content (AvgIpc) is 3.00. The highest BCUT2D eigenvalue weighted by Gasteiger charge is 2.33. The summed E-state index contributed by atoms with van der Waals surface area (Å²) in [6, 6.07) is 0.783. The van der Waals surface area contributed by atoms with Crippen LogP contribution in [0.5, 0.6) is 0 Å². The van der Waals surface area contributed by atoms with Crippen LogP contribution in [0, 0.1) is 5.41 Å². The Morgan fingerprint density at radius 3 is 2.38 bits per heavy atom. The molecule has 2 aliphatic carbocycles. The van der Waals surface area contributed by atoms with Crippen molar-refractivity contribution in [3.63, 3.8) is 0 Å². The molecule has 2 fully saturated rings. The summed E-state index contributed by atoms with van der Waals surface area (Å²) in [5, 5.41) is 13.0. The molecule has 13 heavy (non-hydrogen) atoms. The van der Waals surface area contributed by atoms with E-state index in [4.69, 9.17) is 0 Å². The van der Waals surface area contributed by atoms with E-state index >= 15 is 0 Å². The predicted octanol–water partition coefficient (Wildman–Crippen LogP) is 1.68. The van der Waals surface area contributed by atoms with Gasteiger partial charge in [0.25, 0.3) is 0 Å². The van der Waals surface area contributed by atoms with Gasteiger partial charge in [-0.25, -0.2) is 0 Å². The van der Waals surface area contributed by atoms with E-state index in [1.54, 1.807) is 0 Å². The molecule has 0 atom stereocenters. The third kappa shape index (κ3) is 2.44.